The van der Waals surface area contributed by atoms with Gasteiger partial charge in [0.05, 0.1) is 11.6 Å². The highest BCUT2D eigenvalue weighted by atomic mass is 16.3. The fourth-order valence-corrected chi connectivity index (χ4v) is 2.94. The summed E-state index contributed by atoms with van der Waals surface area (Å²) in [6, 6.07) is 8.46. The largest absolute Gasteiger partial charge is 0.387 e. The van der Waals surface area contributed by atoms with E-state index in [-0.39, 0.29) is 6.04 Å². The van der Waals surface area contributed by atoms with Crippen LogP contribution in [0.25, 0.3) is 10.9 Å². The van der Waals surface area contributed by atoms with E-state index in [0.29, 0.717) is 0 Å². The topological polar surface area (TPSA) is 45.1 Å². The highest BCUT2D eigenvalue weighted by molar-refractivity contribution is 5.83. The van der Waals surface area contributed by atoms with Gasteiger partial charge < -0.3 is 10.4 Å². The second-order valence-electron chi connectivity index (χ2n) is 5.53. The molecule has 0 saturated carbocycles. The van der Waals surface area contributed by atoms with Gasteiger partial charge in [0, 0.05) is 22.7 Å². The Balaban J connectivity index is 2.12. The van der Waals surface area contributed by atoms with Crippen LogP contribution in [0.1, 0.15) is 35.8 Å². The predicted molar refractivity (Wildman–Crippen MR) is 77.2 cm³/mol. The summed E-state index contributed by atoms with van der Waals surface area (Å²) in [6.07, 6.45) is 1.69. The van der Waals surface area contributed by atoms with Gasteiger partial charge >= 0.3 is 0 Å². The zero-order valence-corrected chi connectivity index (χ0v) is 11.5. The Morgan fingerprint density at radius 2 is 2.16 bits per heavy atom. The number of hydrogen-bond acceptors (Lipinski definition) is 3. The van der Waals surface area contributed by atoms with Crippen molar-refractivity contribution in [3.8, 4) is 0 Å². The lowest BCUT2D eigenvalue weighted by atomic mass is 9.96. The number of nitrogens with zero attached hydrogens (tertiary/aromatic N) is 1. The lowest BCUT2D eigenvalue weighted by Gasteiger charge is -2.20. The second kappa shape index (κ2) is 4.91. The van der Waals surface area contributed by atoms with Crippen molar-refractivity contribution in [2.75, 3.05) is 6.54 Å². The predicted octanol–water partition coefficient (Wildman–Crippen LogP) is 2.64. The fraction of sp³-hybridized carbons (Fsp3) is 0.438. The summed E-state index contributed by atoms with van der Waals surface area (Å²) in [5.41, 5.74) is 4.05. The number of aliphatic hydroxyl groups excluding tert-OH is 1. The number of hydrogen-bond donors (Lipinski definition) is 2. The van der Waals surface area contributed by atoms with Crippen molar-refractivity contribution >= 4 is 10.9 Å². The molecule has 3 heteroatoms. The average Bonchev–Trinajstić information content (AvgIpc) is 2.91. The third-order valence-corrected chi connectivity index (χ3v) is 3.90. The minimum atomic E-state index is -0.473. The summed E-state index contributed by atoms with van der Waals surface area (Å²) in [6.45, 7) is 5.05. The SMILES string of the molecule is Cc1cc(C(O)C2CCCN2)c2nc(C)ccc2c1. The van der Waals surface area contributed by atoms with Gasteiger partial charge in [-0.3, -0.25) is 4.98 Å². The van der Waals surface area contributed by atoms with E-state index in [4.69, 9.17) is 0 Å². The number of fused-ring (bicyclic) bond motifs is 1. The Morgan fingerprint density at radius 1 is 1.32 bits per heavy atom. The lowest BCUT2D eigenvalue weighted by molar-refractivity contribution is 0.138. The molecular formula is C16H20N2O. The van der Waals surface area contributed by atoms with Gasteiger partial charge in [-0.05, 0) is 45.4 Å². The first-order chi connectivity index (χ1) is 9.15. The zero-order chi connectivity index (χ0) is 13.4. The van der Waals surface area contributed by atoms with Gasteiger partial charge in [0.15, 0.2) is 0 Å². The zero-order valence-electron chi connectivity index (χ0n) is 11.5. The highest BCUT2D eigenvalue weighted by Gasteiger charge is 2.25. The molecule has 1 aliphatic heterocycles. The van der Waals surface area contributed by atoms with E-state index in [9.17, 15) is 5.11 Å². The minimum absolute atomic E-state index is 0.160. The molecule has 1 aliphatic rings. The maximum Gasteiger partial charge on any atom is 0.0964 e. The van der Waals surface area contributed by atoms with Crippen LogP contribution < -0.4 is 5.32 Å². The van der Waals surface area contributed by atoms with Crippen LogP contribution >= 0.6 is 0 Å². The van der Waals surface area contributed by atoms with Crippen LogP contribution in [0.2, 0.25) is 0 Å². The van der Waals surface area contributed by atoms with Crippen molar-refractivity contribution < 1.29 is 5.11 Å². The third-order valence-electron chi connectivity index (χ3n) is 3.90. The number of aromatic nitrogens is 1. The average molecular weight is 256 g/mol. The van der Waals surface area contributed by atoms with Crippen LogP contribution in [-0.4, -0.2) is 22.7 Å². The van der Waals surface area contributed by atoms with Crippen molar-refractivity contribution in [1.82, 2.24) is 10.3 Å². The summed E-state index contributed by atoms with van der Waals surface area (Å²) >= 11 is 0. The molecule has 3 nitrogen and oxygen atoms in total. The molecule has 2 N–H and O–H groups in total. The first kappa shape index (κ1) is 12.6. The molecule has 0 aliphatic carbocycles. The Hall–Kier alpha value is -1.45. The molecule has 0 bridgehead atoms. The van der Waals surface area contributed by atoms with E-state index in [1.165, 1.54) is 5.56 Å². The van der Waals surface area contributed by atoms with Crippen LogP contribution in [0.15, 0.2) is 24.3 Å². The van der Waals surface area contributed by atoms with Crippen molar-refractivity contribution in [3.05, 3.63) is 41.1 Å². The molecule has 2 unspecified atom stereocenters. The van der Waals surface area contributed by atoms with E-state index in [1.54, 1.807) is 0 Å². The van der Waals surface area contributed by atoms with Crippen LogP contribution in [0.5, 0.6) is 0 Å². The van der Waals surface area contributed by atoms with Crippen molar-refractivity contribution in [2.24, 2.45) is 0 Å². The van der Waals surface area contributed by atoms with E-state index >= 15 is 0 Å². The van der Waals surface area contributed by atoms with Gasteiger partial charge in [-0.1, -0.05) is 17.7 Å². The molecule has 100 valence electrons. The maximum absolute atomic E-state index is 10.6. The highest BCUT2D eigenvalue weighted by Crippen LogP contribution is 2.29. The second-order valence-corrected chi connectivity index (χ2v) is 5.53. The molecule has 2 heterocycles. The van der Waals surface area contributed by atoms with Gasteiger partial charge in [-0.25, -0.2) is 0 Å². The van der Waals surface area contributed by atoms with Crippen LogP contribution in [0.3, 0.4) is 0 Å². The quantitative estimate of drug-likeness (QED) is 0.868. The number of aryl methyl sites for hydroxylation is 2. The van der Waals surface area contributed by atoms with Gasteiger partial charge in [-0.2, -0.15) is 0 Å². The van der Waals surface area contributed by atoms with Crippen LogP contribution in [0.4, 0.5) is 0 Å². The maximum atomic E-state index is 10.6. The smallest absolute Gasteiger partial charge is 0.0964 e. The number of nitrogens with one attached hydrogen (secondary N) is 1. The van der Waals surface area contributed by atoms with E-state index in [1.807, 2.05) is 13.0 Å². The Kier molecular flexibility index (Phi) is 3.25. The molecule has 0 spiro atoms. The van der Waals surface area contributed by atoms with Crippen molar-refractivity contribution in [2.45, 2.75) is 38.8 Å². The molecule has 0 amide bonds. The number of pyridine rings is 1. The molecule has 2 aromatic rings. The molecule has 19 heavy (non-hydrogen) atoms. The third kappa shape index (κ3) is 2.36. The molecule has 0 radical (unpaired) electrons. The molecule has 2 atom stereocenters. The summed E-state index contributed by atoms with van der Waals surface area (Å²) in [5.74, 6) is 0. The first-order valence-electron chi connectivity index (χ1n) is 6.94. The van der Waals surface area contributed by atoms with E-state index in [2.05, 4.69) is 35.4 Å². The summed E-state index contributed by atoms with van der Waals surface area (Å²) in [4.78, 5) is 4.62. The van der Waals surface area contributed by atoms with Crippen LogP contribution in [-0.2, 0) is 0 Å². The molecule has 1 fully saturated rings. The number of rotatable bonds is 2. The van der Waals surface area contributed by atoms with Crippen molar-refractivity contribution in [3.63, 3.8) is 0 Å². The molecule has 1 aromatic heterocycles. The van der Waals surface area contributed by atoms with Gasteiger partial charge in [-0.15, -0.1) is 0 Å². The summed E-state index contributed by atoms with van der Waals surface area (Å²) in [5, 5.41) is 15.1. The van der Waals surface area contributed by atoms with E-state index in [0.717, 1.165) is 41.5 Å². The normalized spacial score (nSPS) is 20.9. The molecular weight excluding hydrogens is 236 g/mol. The lowest BCUT2D eigenvalue weighted by Crippen LogP contribution is -2.29. The first-order valence-corrected chi connectivity index (χ1v) is 6.94. The standard InChI is InChI=1S/C16H20N2O/c1-10-8-12-6-5-11(2)18-15(12)13(9-10)16(19)14-4-3-7-17-14/h5-6,8-9,14,16-17,19H,3-4,7H2,1-2H3. The Bertz CT molecular complexity index is 603. The minimum Gasteiger partial charge on any atom is -0.387 e. The summed E-state index contributed by atoms with van der Waals surface area (Å²) in [7, 11) is 0. The van der Waals surface area contributed by atoms with Gasteiger partial charge in [0.2, 0.25) is 0 Å². The number of aliphatic hydroxyl groups is 1. The number of benzene rings is 1. The van der Waals surface area contributed by atoms with Crippen LogP contribution in [0, 0.1) is 13.8 Å². The fourth-order valence-electron chi connectivity index (χ4n) is 2.94. The van der Waals surface area contributed by atoms with E-state index < -0.39 is 6.10 Å². The Labute approximate surface area is 113 Å². The molecule has 1 saturated heterocycles. The van der Waals surface area contributed by atoms with Gasteiger partial charge in [0.25, 0.3) is 0 Å². The summed E-state index contributed by atoms with van der Waals surface area (Å²) < 4.78 is 0. The van der Waals surface area contributed by atoms with Gasteiger partial charge in [0.1, 0.15) is 0 Å². The molecule has 1 aromatic carbocycles. The monoisotopic (exact) mass is 256 g/mol. The molecule has 3 rings (SSSR count). The Morgan fingerprint density at radius 3 is 2.89 bits per heavy atom. The van der Waals surface area contributed by atoms with Crippen molar-refractivity contribution in [1.29, 1.82) is 0 Å².